The molecule has 3 heteroatoms. The zero-order valence-electron chi connectivity index (χ0n) is 13.3. The van der Waals surface area contributed by atoms with E-state index in [-0.39, 0.29) is 0 Å². The van der Waals surface area contributed by atoms with Gasteiger partial charge < -0.3 is 5.32 Å². The van der Waals surface area contributed by atoms with Gasteiger partial charge in [-0.05, 0) is 56.6 Å². The third-order valence-corrected chi connectivity index (χ3v) is 5.83. The van der Waals surface area contributed by atoms with Crippen molar-refractivity contribution >= 4 is 11.3 Å². The molecule has 1 aliphatic carbocycles. The van der Waals surface area contributed by atoms with Gasteiger partial charge in [0, 0.05) is 24.0 Å². The van der Waals surface area contributed by atoms with Crippen molar-refractivity contribution in [3.8, 4) is 0 Å². The second kappa shape index (κ2) is 7.58. The zero-order valence-corrected chi connectivity index (χ0v) is 14.1. The minimum Gasteiger partial charge on any atom is -0.316 e. The van der Waals surface area contributed by atoms with Crippen molar-refractivity contribution in [2.75, 3.05) is 26.7 Å². The van der Waals surface area contributed by atoms with E-state index < -0.39 is 0 Å². The maximum absolute atomic E-state index is 3.67. The van der Waals surface area contributed by atoms with Crippen LogP contribution in [0.25, 0.3) is 0 Å². The summed E-state index contributed by atoms with van der Waals surface area (Å²) in [5.74, 6) is 0. The Morgan fingerprint density at radius 1 is 1.40 bits per heavy atom. The summed E-state index contributed by atoms with van der Waals surface area (Å²) in [6.07, 6.45) is 6.85. The maximum Gasteiger partial charge on any atom is 0.0410 e. The van der Waals surface area contributed by atoms with Crippen LogP contribution < -0.4 is 5.32 Å². The van der Waals surface area contributed by atoms with Gasteiger partial charge in [-0.25, -0.2) is 0 Å². The topological polar surface area (TPSA) is 15.3 Å². The van der Waals surface area contributed by atoms with Gasteiger partial charge in [-0.2, -0.15) is 0 Å². The number of nitrogens with zero attached hydrogens (tertiary/aromatic N) is 1. The second-order valence-electron chi connectivity index (χ2n) is 6.49. The third-order valence-electron chi connectivity index (χ3n) is 4.79. The Kier molecular flexibility index (Phi) is 6.06. The second-order valence-corrected chi connectivity index (χ2v) is 7.47. The van der Waals surface area contributed by atoms with E-state index in [9.17, 15) is 0 Å². The fourth-order valence-corrected chi connectivity index (χ4v) is 4.31. The molecule has 20 heavy (non-hydrogen) atoms. The largest absolute Gasteiger partial charge is 0.316 e. The van der Waals surface area contributed by atoms with Gasteiger partial charge in [0.1, 0.15) is 0 Å². The number of thiophene rings is 1. The van der Waals surface area contributed by atoms with E-state index in [1.54, 1.807) is 0 Å². The van der Waals surface area contributed by atoms with Crippen LogP contribution in [0.15, 0.2) is 17.5 Å². The smallest absolute Gasteiger partial charge is 0.0410 e. The van der Waals surface area contributed by atoms with Crippen LogP contribution in [0, 0.1) is 5.41 Å². The first-order valence-corrected chi connectivity index (χ1v) is 8.99. The Morgan fingerprint density at radius 3 is 2.75 bits per heavy atom. The lowest BCUT2D eigenvalue weighted by Crippen LogP contribution is -2.42. The van der Waals surface area contributed by atoms with Gasteiger partial charge in [0.25, 0.3) is 0 Å². The average Bonchev–Trinajstić information content (AvgIpc) is 3.10. The van der Waals surface area contributed by atoms with E-state index in [0.717, 1.165) is 6.54 Å². The van der Waals surface area contributed by atoms with Crippen LogP contribution in [0.4, 0.5) is 0 Å². The monoisotopic (exact) mass is 294 g/mol. The molecule has 1 N–H and O–H groups in total. The summed E-state index contributed by atoms with van der Waals surface area (Å²) in [5, 5.41) is 5.86. The molecule has 1 unspecified atom stereocenters. The highest BCUT2D eigenvalue weighted by Crippen LogP contribution is 2.39. The highest BCUT2D eigenvalue weighted by molar-refractivity contribution is 7.10. The fourth-order valence-electron chi connectivity index (χ4n) is 3.46. The van der Waals surface area contributed by atoms with Crippen molar-refractivity contribution in [2.24, 2.45) is 5.41 Å². The summed E-state index contributed by atoms with van der Waals surface area (Å²) >= 11 is 1.88. The Morgan fingerprint density at radius 2 is 2.15 bits per heavy atom. The molecule has 1 aliphatic rings. The first-order valence-electron chi connectivity index (χ1n) is 8.11. The molecule has 1 heterocycles. The summed E-state index contributed by atoms with van der Waals surface area (Å²) in [6, 6.07) is 4.97. The van der Waals surface area contributed by atoms with E-state index in [0.29, 0.717) is 11.5 Å². The quantitative estimate of drug-likeness (QED) is 0.719. The van der Waals surface area contributed by atoms with Crippen LogP contribution >= 0.6 is 11.3 Å². The zero-order chi connectivity index (χ0) is 14.4. The summed E-state index contributed by atoms with van der Waals surface area (Å²) in [5.41, 5.74) is 0.509. The van der Waals surface area contributed by atoms with Crippen molar-refractivity contribution in [3.63, 3.8) is 0 Å². The molecule has 0 bridgehead atoms. The lowest BCUT2D eigenvalue weighted by molar-refractivity contribution is 0.143. The Bertz CT molecular complexity index is 368. The number of hydrogen-bond donors (Lipinski definition) is 1. The summed E-state index contributed by atoms with van der Waals surface area (Å²) < 4.78 is 0. The molecule has 1 atom stereocenters. The molecule has 0 amide bonds. The van der Waals surface area contributed by atoms with Gasteiger partial charge in [0.05, 0.1) is 0 Å². The maximum atomic E-state index is 3.67. The van der Waals surface area contributed by atoms with Crippen LogP contribution in [0.5, 0.6) is 0 Å². The normalized spacial score (nSPS) is 19.6. The predicted molar refractivity (Wildman–Crippen MR) is 89.4 cm³/mol. The molecule has 2 rings (SSSR count). The molecule has 1 aromatic rings. The predicted octanol–water partition coefficient (Wildman–Crippen LogP) is 4.30. The van der Waals surface area contributed by atoms with Crippen molar-refractivity contribution in [1.29, 1.82) is 0 Å². The van der Waals surface area contributed by atoms with Crippen LogP contribution in [0.2, 0.25) is 0 Å². The number of hydrogen-bond acceptors (Lipinski definition) is 3. The Hall–Kier alpha value is -0.380. The van der Waals surface area contributed by atoms with Crippen LogP contribution in [-0.4, -0.2) is 31.6 Å². The molecular weight excluding hydrogens is 264 g/mol. The highest BCUT2D eigenvalue weighted by Gasteiger charge is 2.35. The average molecular weight is 295 g/mol. The van der Waals surface area contributed by atoms with E-state index in [1.165, 1.54) is 50.1 Å². The fraction of sp³-hybridized carbons (Fsp3) is 0.765. The molecule has 0 saturated heterocycles. The van der Waals surface area contributed by atoms with Gasteiger partial charge in [0.15, 0.2) is 0 Å². The number of nitrogens with one attached hydrogen (secondary N) is 1. The van der Waals surface area contributed by atoms with Crippen LogP contribution in [-0.2, 0) is 0 Å². The van der Waals surface area contributed by atoms with Crippen molar-refractivity contribution in [2.45, 2.75) is 52.0 Å². The van der Waals surface area contributed by atoms with E-state index in [1.807, 2.05) is 11.3 Å². The molecule has 1 saturated carbocycles. The minimum atomic E-state index is 0.509. The van der Waals surface area contributed by atoms with Gasteiger partial charge >= 0.3 is 0 Å². The molecular formula is C17H30N2S. The molecule has 1 aromatic heterocycles. The summed E-state index contributed by atoms with van der Waals surface area (Å²) in [4.78, 5) is 4.05. The first-order chi connectivity index (χ1) is 9.67. The minimum absolute atomic E-state index is 0.509. The molecule has 0 aromatic carbocycles. The molecule has 0 spiro atoms. The van der Waals surface area contributed by atoms with E-state index >= 15 is 0 Å². The Labute approximate surface area is 128 Å². The van der Waals surface area contributed by atoms with Crippen molar-refractivity contribution < 1.29 is 0 Å². The van der Waals surface area contributed by atoms with Crippen molar-refractivity contribution in [3.05, 3.63) is 22.4 Å². The summed E-state index contributed by atoms with van der Waals surface area (Å²) in [6.45, 7) is 8.17. The van der Waals surface area contributed by atoms with Crippen LogP contribution in [0.3, 0.4) is 0 Å². The number of rotatable bonds is 8. The van der Waals surface area contributed by atoms with E-state index in [2.05, 4.69) is 48.6 Å². The van der Waals surface area contributed by atoms with Gasteiger partial charge in [-0.1, -0.05) is 25.8 Å². The SMILES string of the molecule is CCCNCC1(CN(C)C(C)c2cccs2)CCCC1. The first kappa shape index (κ1) is 16.0. The van der Waals surface area contributed by atoms with E-state index in [4.69, 9.17) is 0 Å². The molecule has 2 nitrogen and oxygen atoms in total. The van der Waals surface area contributed by atoms with Crippen molar-refractivity contribution in [1.82, 2.24) is 10.2 Å². The molecule has 1 fully saturated rings. The van der Waals surface area contributed by atoms with Gasteiger partial charge in [-0.15, -0.1) is 11.3 Å². The Balaban J connectivity index is 1.93. The third kappa shape index (κ3) is 4.06. The summed E-state index contributed by atoms with van der Waals surface area (Å²) in [7, 11) is 2.30. The molecule has 0 aliphatic heterocycles. The van der Waals surface area contributed by atoms with Crippen LogP contribution in [0.1, 0.15) is 56.9 Å². The standard InChI is InChI=1S/C17H30N2S/c1-4-11-18-13-17(9-5-6-10-17)14-19(3)15(2)16-8-7-12-20-16/h7-8,12,15,18H,4-6,9-11,13-14H2,1-3H3. The van der Waals surface area contributed by atoms with Gasteiger partial charge in [0.2, 0.25) is 0 Å². The highest BCUT2D eigenvalue weighted by atomic mass is 32.1. The van der Waals surface area contributed by atoms with Gasteiger partial charge in [-0.3, -0.25) is 4.90 Å². The molecule has 114 valence electrons. The molecule has 0 radical (unpaired) electrons. The lowest BCUT2D eigenvalue weighted by Gasteiger charge is -2.36. The lowest BCUT2D eigenvalue weighted by atomic mass is 9.85.